The third kappa shape index (κ3) is 3.16. The van der Waals surface area contributed by atoms with Gasteiger partial charge in [0.1, 0.15) is 0 Å². The van der Waals surface area contributed by atoms with E-state index in [-0.39, 0.29) is 0 Å². The molecule has 0 aromatic heterocycles. The molecule has 1 aliphatic heterocycles. The predicted molar refractivity (Wildman–Crippen MR) is 83.5 cm³/mol. The van der Waals surface area contributed by atoms with Crippen molar-refractivity contribution in [2.45, 2.75) is 84.3 Å². The summed E-state index contributed by atoms with van der Waals surface area (Å²) in [6.07, 6.45) is 6.83. The van der Waals surface area contributed by atoms with Gasteiger partial charge in [0.05, 0.1) is 0 Å². The number of piperazine rings is 1. The third-order valence-electron chi connectivity index (χ3n) is 5.80. The second kappa shape index (κ2) is 6.13. The second-order valence-electron chi connectivity index (χ2n) is 7.29. The molecule has 2 aliphatic rings. The normalized spacial score (nSPS) is 36.2. The number of nitrogens with one attached hydrogen (secondary N) is 1. The molecule has 2 fully saturated rings. The molecule has 112 valence electrons. The maximum Gasteiger partial charge on any atom is 0.0337 e. The van der Waals surface area contributed by atoms with Gasteiger partial charge in [0.2, 0.25) is 0 Å². The average Bonchev–Trinajstić information content (AvgIpc) is 3.23. The molecule has 0 amide bonds. The van der Waals surface area contributed by atoms with Gasteiger partial charge in [-0.1, -0.05) is 33.6 Å². The minimum Gasteiger partial charge on any atom is -0.311 e. The van der Waals surface area contributed by atoms with Crippen molar-refractivity contribution in [1.29, 1.82) is 0 Å². The van der Waals surface area contributed by atoms with Crippen LogP contribution in [0.4, 0.5) is 0 Å². The van der Waals surface area contributed by atoms with Gasteiger partial charge in [-0.15, -0.1) is 0 Å². The fraction of sp³-hybridized carbons (Fsp3) is 1.00. The largest absolute Gasteiger partial charge is 0.311 e. The SMILES string of the molecule is CCCC(C)N1CC(C(C)CC)NCC1(C)C1CC1. The first-order valence-electron chi connectivity index (χ1n) is 8.53. The molecule has 4 atom stereocenters. The number of rotatable bonds is 6. The Morgan fingerprint density at radius 3 is 2.47 bits per heavy atom. The summed E-state index contributed by atoms with van der Waals surface area (Å²) >= 11 is 0. The average molecular weight is 266 g/mol. The van der Waals surface area contributed by atoms with Crippen molar-refractivity contribution in [2.75, 3.05) is 13.1 Å². The first-order valence-corrected chi connectivity index (χ1v) is 8.53. The highest BCUT2D eigenvalue weighted by molar-refractivity contribution is 5.06. The summed E-state index contributed by atoms with van der Waals surface area (Å²) in [7, 11) is 0. The fourth-order valence-corrected chi connectivity index (χ4v) is 3.93. The molecule has 1 N–H and O–H groups in total. The van der Waals surface area contributed by atoms with E-state index < -0.39 is 0 Å². The predicted octanol–water partition coefficient (Wildman–Crippen LogP) is 3.66. The highest BCUT2D eigenvalue weighted by Gasteiger charge is 2.49. The lowest BCUT2D eigenvalue weighted by atomic mass is 9.84. The first-order chi connectivity index (χ1) is 9.02. The lowest BCUT2D eigenvalue weighted by Gasteiger charge is -2.52. The molecule has 1 heterocycles. The van der Waals surface area contributed by atoms with E-state index in [1.165, 1.54) is 45.2 Å². The molecule has 0 aromatic carbocycles. The lowest BCUT2D eigenvalue weighted by Crippen LogP contribution is -2.67. The Kier molecular flexibility index (Phi) is 4.94. The summed E-state index contributed by atoms with van der Waals surface area (Å²) in [5, 5.41) is 3.87. The standard InChI is InChI=1S/C17H34N2/c1-6-8-14(4)19-11-16(13(3)7-2)18-12-17(19,5)15-9-10-15/h13-16,18H,6-12H2,1-5H3. The van der Waals surface area contributed by atoms with Gasteiger partial charge < -0.3 is 5.32 Å². The smallest absolute Gasteiger partial charge is 0.0337 e. The summed E-state index contributed by atoms with van der Waals surface area (Å²) in [4.78, 5) is 2.86. The van der Waals surface area contributed by atoms with E-state index in [1.54, 1.807) is 0 Å². The molecule has 2 rings (SSSR count). The van der Waals surface area contributed by atoms with Gasteiger partial charge in [-0.3, -0.25) is 4.90 Å². The van der Waals surface area contributed by atoms with Crippen LogP contribution in [0.3, 0.4) is 0 Å². The van der Waals surface area contributed by atoms with Crippen molar-refractivity contribution < 1.29 is 0 Å². The molecule has 0 bridgehead atoms. The molecular formula is C17H34N2. The minimum atomic E-state index is 0.415. The zero-order valence-electron chi connectivity index (χ0n) is 13.7. The Hall–Kier alpha value is -0.0800. The van der Waals surface area contributed by atoms with Gasteiger partial charge in [-0.2, -0.15) is 0 Å². The van der Waals surface area contributed by atoms with Gasteiger partial charge in [0.15, 0.2) is 0 Å². The van der Waals surface area contributed by atoms with Crippen LogP contribution in [0.5, 0.6) is 0 Å². The monoisotopic (exact) mass is 266 g/mol. The van der Waals surface area contributed by atoms with E-state index >= 15 is 0 Å². The maximum absolute atomic E-state index is 3.87. The highest BCUT2D eigenvalue weighted by Crippen LogP contribution is 2.45. The van der Waals surface area contributed by atoms with Crippen LogP contribution in [0.1, 0.15) is 66.7 Å². The molecule has 1 aliphatic carbocycles. The fourth-order valence-electron chi connectivity index (χ4n) is 3.93. The van der Waals surface area contributed by atoms with Crippen LogP contribution in [0, 0.1) is 11.8 Å². The molecule has 2 heteroatoms. The summed E-state index contributed by atoms with van der Waals surface area (Å²) in [5.41, 5.74) is 0.415. The molecule has 0 radical (unpaired) electrons. The Morgan fingerprint density at radius 1 is 1.26 bits per heavy atom. The van der Waals surface area contributed by atoms with Crippen molar-refractivity contribution in [3.8, 4) is 0 Å². The Bertz CT molecular complexity index is 287. The number of hydrogen-bond acceptors (Lipinski definition) is 2. The van der Waals surface area contributed by atoms with Crippen molar-refractivity contribution in [3.63, 3.8) is 0 Å². The Balaban J connectivity index is 2.09. The van der Waals surface area contributed by atoms with Crippen LogP contribution in [-0.2, 0) is 0 Å². The van der Waals surface area contributed by atoms with Gasteiger partial charge in [0, 0.05) is 30.7 Å². The van der Waals surface area contributed by atoms with Gasteiger partial charge in [-0.05, 0) is 44.9 Å². The van der Waals surface area contributed by atoms with Crippen LogP contribution in [0.25, 0.3) is 0 Å². The number of hydrogen-bond donors (Lipinski definition) is 1. The van der Waals surface area contributed by atoms with Gasteiger partial charge >= 0.3 is 0 Å². The van der Waals surface area contributed by atoms with Gasteiger partial charge in [-0.25, -0.2) is 0 Å². The van der Waals surface area contributed by atoms with Crippen LogP contribution in [-0.4, -0.2) is 35.6 Å². The second-order valence-corrected chi connectivity index (χ2v) is 7.29. The van der Waals surface area contributed by atoms with Crippen LogP contribution in [0.2, 0.25) is 0 Å². The minimum absolute atomic E-state index is 0.415. The van der Waals surface area contributed by atoms with E-state index in [0.29, 0.717) is 11.6 Å². The van der Waals surface area contributed by atoms with Crippen LogP contribution >= 0.6 is 0 Å². The van der Waals surface area contributed by atoms with E-state index in [2.05, 4.69) is 44.8 Å². The quantitative estimate of drug-likeness (QED) is 0.789. The Morgan fingerprint density at radius 2 is 1.95 bits per heavy atom. The first kappa shape index (κ1) is 15.3. The molecule has 1 saturated carbocycles. The molecule has 0 aromatic rings. The van der Waals surface area contributed by atoms with Crippen molar-refractivity contribution in [3.05, 3.63) is 0 Å². The molecule has 2 nitrogen and oxygen atoms in total. The molecule has 0 spiro atoms. The van der Waals surface area contributed by atoms with Crippen molar-refractivity contribution >= 4 is 0 Å². The lowest BCUT2D eigenvalue weighted by molar-refractivity contribution is -0.00845. The van der Waals surface area contributed by atoms with E-state index in [0.717, 1.165) is 17.9 Å². The Labute approximate surface area is 120 Å². The van der Waals surface area contributed by atoms with Crippen LogP contribution in [0.15, 0.2) is 0 Å². The number of nitrogens with zero attached hydrogens (tertiary/aromatic N) is 1. The van der Waals surface area contributed by atoms with E-state index in [4.69, 9.17) is 0 Å². The van der Waals surface area contributed by atoms with Gasteiger partial charge in [0.25, 0.3) is 0 Å². The molecule has 4 unspecified atom stereocenters. The van der Waals surface area contributed by atoms with Crippen molar-refractivity contribution in [1.82, 2.24) is 10.2 Å². The third-order valence-corrected chi connectivity index (χ3v) is 5.80. The zero-order chi connectivity index (χ0) is 14.0. The summed E-state index contributed by atoms with van der Waals surface area (Å²) in [6.45, 7) is 14.4. The molecule has 19 heavy (non-hydrogen) atoms. The summed E-state index contributed by atoms with van der Waals surface area (Å²) in [5.74, 6) is 1.73. The maximum atomic E-state index is 3.87. The molecular weight excluding hydrogens is 232 g/mol. The summed E-state index contributed by atoms with van der Waals surface area (Å²) in [6, 6.07) is 1.43. The van der Waals surface area contributed by atoms with E-state index in [9.17, 15) is 0 Å². The molecule has 1 saturated heterocycles. The topological polar surface area (TPSA) is 15.3 Å². The van der Waals surface area contributed by atoms with E-state index in [1.807, 2.05) is 0 Å². The summed E-state index contributed by atoms with van der Waals surface area (Å²) < 4.78 is 0. The zero-order valence-corrected chi connectivity index (χ0v) is 13.7. The van der Waals surface area contributed by atoms with Crippen LogP contribution < -0.4 is 5.32 Å². The van der Waals surface area contributed by atoms with Crippen molar-refractivity contribution in [2.24, 2.45) is 11.8 Å². The highest BCUT2D eigenvalue weighted by atomic mass is 15.3.